The average Bonchev–Trinajstić information content (AvgIpc) is 2.93. The maximum atomic E-state index is 5.69. The molecule has 1 aliphatic carbocycles. The van der Waals surface area contributed by atoms with Crippen molar-refractivity contribution >= 4 is 11.3 Å². The molecule has 0 atom stereocenters. The molecule has 0 radical (unpaired) electrons. The van der Waals surface area contributed by atoms with Crippen molar-refractivity contribution in [2.45, 2.75) is 44.4 Å². The van der Waals surface area contributed by atoms with Gasteiger partial charge in [-0.3, -0.25) is 4.98 Å². The van der Waals surface area contributed by atoms with Crippen LogP contribution in [0.4, 0.5) is 0 Å². The van der Waals surface area contributed by atoms with E-state index in [2.05, 4.69) is 11.1 Å². The molecular weight excluding hydrogens is 266 g/mol. The number of nitrogens with two attached hydrogens (primary N) is 1. The van der Waals surface area contributed by atoms with Crippen LogP contribution in [0.2, 0.25) is 0 Å². The monoisotopic (exact) mass is 287 g/mol. The van der Waals surface area contributed by atoms with Crippen LogP contribution in [0.25, 0.3) is 11.3 Å². The van der Waals surface area contributed by atoms with Crippen LogP contribution >= 0.6 is 11.3 Å². The van der Waals surface area contributed by atoms with Crippen LogP contribution in [-0.2, 0) is 6.42 Å². The van der Waals surface area contributed by atoms with Gasteiger partial charge in [0.2, 0.25) is 0 Å². The van der Waals surface area contributed by atoms with Crippen LogP contribution in [-0.4, -0.2) is 16.5 Å². The zero-order chi connectivity index (χ0) is 13.8. The highest BCUT2D eigenvalue weighted by molar-refractivity contribution is 7.12. The number of nitrogens with zero attached hydrogens (tertiary/aromatic N) is 2. The molecule has 20 heavy (non-hydrogen) atoms. The maximum Gasteiger partial charge on any atom is 0.0948 e. The van der Waals surface area contributed by atoms with Gasteiger partial charge in [0.05, 0.1) is 10.7 Å². The van der Waals surface area contributed by atoms with Crippen LogP contribution in [0.1, 0.15) is 47.9 Å². The summed E-state index contributed by atoms with van der Waals surface area (Å²) < 4.78 is 0. The molecule has 1 saturated carbocycles. The van der Waals surface area contributed by atoms with E-state index in [-0.39, 0.29) is 0 Å². The van der Waals surface area contributed by atoms with Crippen molar-refractivity contribution in [3.8, 4) is 11.3 Å². The third-order valence-corrected chi connectivity index (χ3v) is 5.24. The van der Waals surface area contributed by atoms with Crippen LogP contribution < -0.4 is 5.73 Å². The molecule has 2 N–H and O–H groups in total. The van der Waals surface area contributed by atoms with Gasteiger partial charge in [0.1, 0.15) is 0 Å². The summed E-state index contributed by atoms with van der Waals surface area (Å²) in [5.41, 5.74) is 7.99. The Morgan fingerprint density at radius 3 is 2.80 bits per heavy atom. The van der Waals surface area contributed by atoms with Crippen molar-refractivity contribution in [1.29, 1.82) is 0 Å². The molecule has 0 aromatic carbocycles. The number of rotatable bonds is 4. The Balaban J connectivity index is 1.97. The summed E-state index contributed by atoms with van der Waals surface area (Å²) in [7, 11) is 0. The summed E-state index contributed by atoms with van der Waals surface area (Å²) in [5.74, 6) is 0.683. The lowest BCUT2D eigenvalue weighted by molar-refractivity contribution is 0.448. The molecule has 106 valence electrons. The van der Waals surface area contributed by atoms with Crippen molar-refractivity contribution in [1.82, 2.24) is 9.97 Å². The zero-order valence-corrected chi connectivity index (χ0v) is 12.5. The summed E-state index contributed by atoms with van der Waals surface area (Å²) in [6.07, 6.45) is 11.3. The molecule has 0 unspecified atom stereocenters. The van der Waals surface area contributed by atoms with Crippen molar-refractivity contribution in [3.63, 3.8) is 0 Å². The number of hydrogen-bond acceptors (Lipinski definition) is 4. The van der Waals surface area contributed by atoms with E-state index in [9.17, 15) is 0 Å². The minimum Gasteiger partial charge on any atom is -0.330 e. The van der Waals surface area contributed by atoms with E-state index in [1.54, 1.807) is 0 Å². The van der Waals surface area contributed by atoms with E-state index in [1.807, 2.05) is 29.8 Å². The van der Waals surface area contributed by atoms with Crippen LogP contribution in [0.3, 0.4) is 0 Å². The minimum atomic E-state index is 0.671. The number of thiazole rings is 1. The first kappa shape index (κ1) is 13.7. The number of aromatic nitrogens is 2. The molecule has 3 nitrogen and oxygen atoms in total. The van der Waals surface area contributed by atoms with Crippen LogP contribution in [0.5, 0.6) is 0 Å². The fourth-order valence-corrected chi connectivity index (χ4v) is 4.23. The molecule has 4 heteroatoms. The third kappa shape index (κ3) is 2.91. The Bertz CT molecular complexity index is 544. The lowest BCUT2D eigenvalue weighted by atomic mass is 9.87. The normalized spacial score (nSPS) is 16.4. The van der Waals surface area contributed by atoms with Gasteiger partial charge in [0.15, 0.2) is 0 Å². The molecular formula is C16H21N3S. The quantitative estimate of drug-likeness (QED) is 0.931. The summed E-state index contributed by atoms with van der Waals surface area (Å²) >= 11 is 1.87. The first-order valence-electron chi connectivity index (χ1n) is 7.48. The van der Waals surface area contributed by atoms with Gasteiger partial charge < -0.3 is 5.73 Å². The SMILES string of the molecule is NCCc1nc(-c2cccnc2)c(C2CCCCC2)s1. The van der Waals surface area contributed by atoms with Gasteiger partial charge in [-0.25, -0.2) is 4.98 Å². The number of hydrogen-bond donors (Lipinski definition) is 1. The summed E-state index contributed by atoms with van der Waals surface area (Å²) in [6, 6.07) is 4.10. The van der Waals surface area contributed by atoms with Gasteiger partial charge in [-0.05, 0) is 37.4 Å². The Labute approximate surface area is 124 Å². The Hall–Kier alpha value is -1.26. The molecule has 0 spiro atoms. The second kappa shape index (κ2) is 6.46. The van der Waals surface area contributed by atoms with Gasteiger partial charge >= 0.3 is 0 Å². The van der Waals surface area contributed by atoms with E-state index in [4.69, 9.17) is 10.7 Å². The van der Waals surface area contributed by atoms with Crippen LogP contribution in [0.15, 0.2) is 24.5 Å². The van der Waals surface area contributed by atoms with Crippen molar-refractivity contribution in [2.75, 3.05) is 6.54 Å². The fourth-order valence-electron chi connectivity index (χ4n) is 2.96. The van der Waals surface area contributed by atoms with Gasteiger partial charge in [0, 0.05) is 29.3 Å². The fraction of sp³-hybridized carbons (Fsp3) is 0.500. The molecule has 2 aromatic heterocycles. The molecule has 3 rings (SSSR count). The molecule has 0 amide bonds. The standard InChI is InChI=1S/C16H21N3S/c17-9-8-14-19-15(13-7-4-10-18-11-13)16(20-14)12-5-2-1-3-6-12/h4,7,10-12H,1-3,5-6,8-9,17H2. The third-order valence-electron chi connectivity index (χ3n) is 3.97. The van der Waals surface area contributed by atoms with E-state index >= 15 is 0 Å². The smallest absolute Gasteiger partial charge is 0.0948 e. The Kier molecular flexibility index (Phi) is 4.43. The number of pyridine rings is 1. The zero-order valence-electron chi connectivity index (χ0n) is 11.7. The summed E-state index contributed by atoms with van der Waals surface area (Å²) in [6.45, 7) is 0.671. The van der Waals surface area contributed by atoms with E-state index in [0.29, 0.717) is 12.5 Å². The highest BCUT2D eigenvalue weighted by Gasteiger charge is 2.23. The van der Waals surface area contributed by atoms with Crippen molar-refractivity contribution in [3.05, 3.63) is 34.4 Å². The van der Waals surface area contributed by atoms with Gasteiger partial charge in [-0.1, -0.05) is 19.3 Å². The maximum absolute atomic E-state index is 5.69. The van der Waals surface area contributed by atoms with Crippen LogP contribution in [0, 0.1) is 0 Å². The van der Waals surface area contributed by atoms with Gasteiger partial charge in [-0.15, -0.1) is 11.3 Å². The topological polar surface area (TPSA) is 51.8 Å². The molecule has 1 aliphatic rings. The Morgan fingerprint density at radius 1 is 1.25 bits per heavy atom. The predicted octanol–water partition coefficient (Wildman–Crippen LogP) is 3.75. The lowest BCUT2D eigenvalue weighted by Crippen LogP contribution is -2.04. The van der Waals surface area contributed by atoms with E-state index < -0.39 is 0 Å². The lowest BCUT2D eigenvalue weighted by Gasteiger charge is -2.21. The molecule has 2 aromatic rings. The molecule has 0 aliphatic heterocycles. The highest BCUT2D eigenvalue weighted by Crippen LogP contribution is 2.41. The average molecular weight is 287 g/mol. The van der Waals surface area contributed by atoms with E-state index in [1.165, 1.54) is 42.0 Å². The largest absolute Gasteiger partial charge is 0.330 e. The second-order valence-corrected chi connectivity index (χ2v) is 6.55. The van der Waals surface area contributed by atoms with Gasteiger partial charge in [-0.2, -0.15) is 0 Å². The predicted molar refractivity (Wildman–Crippen MR) is 83.9 cm³/mol. The molecule has 0 bridgehead atoms. The minimum absolute atomic E-state index is 0.671. The molecule has 1 fully saturated rings. The van der Waals surface area contributed by atoms with Crippen molar-refractivity contribution < 1.29 is 0 Å². The Morgan fingerprint density at radius 2 is 2.10 bits per heavy atom. The van der Waals surface area contributed by atoms with Crippen molar-refractivity contribution in [2.24, 2.45) is 5.73 Å². The summed E-state index contributed by atoms with van der Waals surface area (Å²) in [4.78, 5) is 10.5. The first-order chi connectivity index (χ1) is 9.88. The second-order valence-electron chi connectivity index (χ2n) is 5.44. The first-order valence-corrected chi connectivity index (χ1v) is 8.30. The highest BCUT2D eigenvalue weighted by atomic mass is 32.1. The molecule has 0 saturated heterocycles. The van der Waals surface area contributed by atoms with E-state index in [0.717, 1.165) is 17.7 Å². The molecule has 2 heterocycles. The van der Waals surface area contributed by atoms with Gasteiger partial charge in [0.25, 0.3) is 0 Å². The summed E-state index contributed by atoms with van der Waals surface area (Å²) in [5, 5.41) is 1.17.